The number of rotatable bonds is 3. The molecule has 19 heavy (non-hydrogen) atoms. The topological polar surface area (TPSA) is 0 Å². The highest BCUT2D eigenvalue weighted by molar-refractivity contribution is 9.10. The van der Waals surface area contributed by atoms with Crippen LogP contribution in [0.15, 0.2) is 28.7 Å². The van der Waals surface area contributed by atoms with Gasteiger partial charge in [-0.2, -0.15) is 22.0 Å². The molecule has 0 N–H and O–H groups in total. The minimum absolute atomic E-state index is 0.440. The maximum atomic E-state index is 13.9. The zero-order valence-corrected chi connectivity index (χ0v) is 10.4. The maximum absolute atomic E-state index is 13.9. The molecule has 1 atom stereocenters. The van der Waals surface area contributed by atoms with E-state index >= 15 is 0 Å². The molecule has 0 spiro atoms. The Balaban J connectivity index is 3.55. The van der Waals surface area contributed by atoms with Crippen molar-refractivity contribution in [2.75, 3.05) is 0 Å². The number of halogens is 9. The van der Waals surface area contributed by atoms with Gasteiger partial charge >= 0.3 is 12.1 Å². The summed E-state index contributed by atoms with van der Waals surface area (Å²) in [6, 6.07) is 3.36. The monoisotopic (exact) mass is 356 g/mol. The van der Waals surface area contributed by atoms with E-state index in [2.05, 4.69) is 15.9 Å². The predicted octanol–water partition coefficient (Wildman–Crippen LogP) is 5.08. The van der Waals surface area contributed by atoms with E-state index in [0.29, 0.717) is 6.07 Å². The summed E-state index contributed by atoms with van der Waals surface area (Å²) in [7, 11) is 0. The zero-order chi connectivity index (χ0) is 15.1. The average molecular weight is 357 g/mol. The SMILES string of the molecule is FC(F)C(F)(c1ccccc1Br)C(F)(F)C(F)(F)F. The van der Waals surface area contributed by atoms with E-state index in [1.807, 2.05) is 0 Å². The van der Waals surface area contributed by atoms with E-state index < -0.39 is 34.2 Å². The fourth-order valence-electron chi connectivity index (χ4n) is 1.39. The molecule has 0 aliphatic carbocycles. The Morgan fingerprint density at radius 1 is 0.895 bits per heavy atom. The van der Waals surface area contributed by atoms with Gasteiger partial charge in [0, 0.05) is 10.0 Å². The Morgan fingerprint density at radius 3 is 1.74 bits per heavy atom. The van der Waals surface area contributed by atoms with Crippen LogP contribution in [0.1, 0.15) is 5.56 Å². The van der Waals surface area contributed by atoms with Crippen LogP contribution in [0.3, 0.4) is 0 Å². The van der Waals surface area contributed by atoms with Gasteiger partial charge in [-0.25, -0.2) is 13.2 Å². The lowest BCUT2D eigenvalue weighted by Crippen LogP contribution is -2.56. The molecule has 0 saturated carbocycles. The van der Waals surface area contributed by atoms with Crippen LogP contribution in [-0.4, -0.2) is 18.5 Å². The van der Waals surface area contributed by atoms with Gasteiger partial charge in [0.2, 0.25) is 0 Å². The summed E-state index contributed by atoms with van der Waals surface area (Å²) in [5.41, 5.74) is -6.64. The second kappa shape index (κ2) is 4.92. The van der Waals surface area contributed by atoms with Crippen molar-refractivity contribution in [2.24, 2.45) is 0 Å². The zero-order valence-electron chi connectivity index (χ0n) is 8.79. The van der Waals surface area contributed by atoms with E-state index in [-0.39, 0.29) is 0 Å². The molecule has 0 saturated heterocycles. The number of hydrogen-bond acceptors (Lipinski definition) is 0. The minimum Gasteiger partial charge on any atom is -0.225 e. The van der Waals surface area contributed by atoms with Crippen LogP contribution in [0, 0.1) is 0 Å². The van der Waals surface area contributed by atoms with E-state index in [0.717, 1.165) is 18.2 Å². The van der Waals surface area contributed by atoms with Crippen LogP contribution >= 0.6 is 15.9 Å². The molecule has 0 amide bonds. The standard InChI is InChI=1S/C10H5BrF8/c11-6-4-2-1-3-5(6)8(14,7(12)13)9(15,16)10(17,18)19/h1-4,7H. The summed E-state index contributed by atoms with van der Waals surface area (Å²) in [6.07, 6.45) is -11.0. The molecular formula is C10H5BrF8. The highest BCUT2D eigenvalue weighted by Gasteiger charge is 2.76. The molecule has 1 aromatic carbocycles. The molecule has 1 rings (SSSR count). The number of hydrogen-bond donors (Lipinski definition) is 0. The van der Waals surface area contributed by atoms with Crippen molar-refractivity contribution in [3.8, 4) is 0 Å². The van der Waals surface area contributed by atoms with Gasteiger partial charge in [0.1, 0.15) is 0 Å². The van der Waals surface area contributed by atoms with Crippen molar-refractivity contribution in [3.05, 3.63) is 34.3 Å². The molecule has 0 radical (unpaired) electrons. The third-order valence-electron chi connectivity index (χ3n) is 2.38. The van der Waals surface area contributed by atoms with Crippen LogP contribution in [0.4, 0.5) is 35.1 Å². The third-order valence-corrected chi connectivity index (χ3v) is 3.07. The Labute approximate surface area is 110 Å². The van der Waals surface area contributed by atoms with Gasteiger partial charge in [-0.05, 0) is 6.07 Å². The molecule has 0 nitrogen and oxygen atoms in total. The van der Waals surface area contributed by atoms with E-state index in [1.54, 1.807) is 0 Å². The van der Waals surface area contributed by atoms with Crippen LogP contribution in [-0.2, 0) is 5.67 Å². The quantitative estimate of drug-likeness (QED) is 0.663. The third kappa shape index (κ3) is 2.44. The van der Waals surface area contributed by atoms with Crippen molar-refractivity contribution < 1.29 is 35.1 Å². The first-order chi connectivity index (χ1) is 8.46. The van der Waals surface area contributed by atoms with Gasteiger partial charge in [-0.3, -0.25) is 0 Å². The Kier molecular flexibility index (Phi) is 4.19. The van der Waals surface area contributed by atoms with Crippen molar-refractivity contribution in [2.45, 2.75) is 24.2 Å². The summed E-state index contributed by atoms with van der Waals surface area (Å²) in [6.45, 7) is 0. The molecule has 108 valence electrons. The largest absolute Gasteiger partial charge is 0.457 e. The lowest BCUT2D eigenvalue weighted by atomic mass is 9.89. The molecule has 0 heterocycles. The second-order valence-corrected chi connectivity index (χ2v) is 4.42. The molecular weight excluding hydrogens is 352 g/mol. The Morgan fingerprint density at radius 2 is 1.37 bits per heavy atom. The summed E-state index contributed by atoms with van der Waals surface area (Å²) in [5.74, 6) is -6.24. The predicted molar refractivity (Wildman–Crippen MR) is 53.9 cm³/mol. The summed E-state index contributed by atoms with van der Waals surface area (Å²) >= 11 is 2.49. The lowest BCUT2D eigenvalue weighted by Gasteiger charge is -2.34. The first-order valence-electron chi connectivity index (χ1n) is 4.63. The smallest absolute Gasteiger partial charge is 0.225 e. The normalized spacial score (nSPS) is 16.5. The minimum atomic E-state index is -6.45. The number of benzene rings is 1. The molecule has 9 heteroatoms. The average Bonchev–Trinajstić information content (AvgIpc) is 2.26. The van der Waals surface area contributed by atoms with Gasteiger partial charge in [0.05, 0.1) is 0 Å². The Hall–Kier alpha value is -0.860. The fraction of sp³-hybridized carbons (Fsp3) is 0.400. The van der Waals surface area contributed by atoms with Crippen LogP contribution in [0.25, 0.3) is 0 Å². The van der Waals surface area contributed by atoms with Gasteiger partial charge < -0.3 is 0 Å². The van der Waals surface area contributed by atoms with Crippen molar-refractivity contribution in [1.29, 1.82) is 0 Å². The molecule has 1 aromatic rings. The molecule has 0 aromatic heterocycles. The summed E-state index contributed by atoms with van der Waals surface area (Å²) in [4.78, 5) is 0. The van der Waals surface area contributed by atoms with Crippen molar-refractivity contribution in [3.63, 3.8) is 0 Å². The van der Waals surface area contributed by atoms with Crippen LogP contribution < -0.4 is 0 Å². The van der Waals surface area contributed by atoms with Gasteiger partial charge in [-0.1, -0.05) is 34.1 Å². The molecule has 0 aliphatic rings. The Bertz CT molecular complexity index is 455. The van der Waals surface area contributed by atoms with Gasteiger partial charge in [-0.15, -0.1) is 0 Å². The van der Waals surface area contributed by atoms with E-state index in [1.165, 1.54) is 0 Å². The molecule has 0 bridgehead atoms. The molecule has 0 fully saturated rings. The van der Waals surface area contributed by atoms with Crippen molar-refractivity contribution >= 4 is 15.9 Å². The lowest BCUT2D eigenvalue weighted by molar-refractivity contribution is -0.349. The van der Waals surface area contributed by atoms with E-state index in [9.17, 15) is 35.1 Å². The van der Waals surface area contributed by atoms with Gasteiger partial charge in [0.15, 0.2) is 0 Å². The maximum Gasteiger partial charge on any atom is 0.457 e. The number of alkyl halides is 8. The summed E-state index contributed by atoms with van der Waals surface area (Å²) in [5, 5.41) is 0. The summed E-state index contributed by atoms with van der Waals surface area (Å²) < 4.78 is 101. The highest BCUT2D eigenvalue weighted by Crippen LogP contribution is 2.54. The first-order valence-corrected chi connectivity index (χ1v) is 5.42. The van der Waals surface area contributed by atoms with Crippen molar-refractivity contribution in [1.82, 2.24) is 0 Å². The molecule has 0 aliphatic heterocycles. The van der Waals surface area contributed by atoms with Crippen LogP contribution in [0.2, 0.25) is 0 Å². The van der Waals surface area contributed by atoms with Gasteiger partial charge in [0.25, 0.3) is 12.1 Å². The van der Waals surface area contributed by atoms with E-state index in [4.69, 9.17) is 0 Å². The molecule has 1 unspecified atom stereocenters. The highest BCUT2D eigenvalue weighted by atomic mass is 79.9. The van der Waals surface area contributed by atoms with Crippen LogP contribution in [0.5, 0.6) is 0 Å². The second-order valence-electron chi connectivity index (χ2n) is 3.56. The fourth-order valence-corrected chi connectivity index (χ4v) is 1.96. The first kappa shape index (κ1) is 16.2.